The highest BCUT2D eigenvalue weighted by molar-refractivity contribution is 5.46. The summed E-state index contributed by atoms with van der Waals surface area (Å²) in [7, 11) is 0. The van der Waals surface area contributed by atoms with E-state index < -0.39 is 0 Å². The topological polar surface area (TPSA) is 79.7 Å². The van der Waals surface area contributed by atoms with Gasteiger partial charge in [-0.3, -0.25) is 0 Å². The second-order valence-corrected chi connectivity index (χ2v) is 7.03. The minimum Gasteiger partial charge on any atom is -0.389 e. The molecule has 24 heavy (non-hydrogen) atoms. The van der Waals surface area contributed by atoms with Crippen molar-refractivity contribution in [3.63, 3.8) is 0 Å². The first-order chi connectivity index (χ1) is 11.8. The lowest BCUT2D eigenvalue weighted by molar-refractivity contribution is 0.0699. The smallest absolute Gasteiger partial charge is 0.227 e. The van der Waals surface area contributed by atoms with Crippen LogP contribution in [0.25, 0.3) is 0 Å². The van der Waals surface area contributed by atoms with Crippen LogP contribution in [0, 0.1) is 5.92 Å². The van der Waals surface area contributed by atoms with Crippen LogP contribution in [0.5, 0.6) is 0 Å². The lowest BCUT2D eigenvalue weighted by atomic mass is 10.0. The van der Waals surface area contributed by atoms with Gasteiger partial charge in [0.1, 0.15) is 5.82 Å². The van der Waals surface area contributed by atoms with Gasteiger partial charge >= 0.3 is 0 Å². The summed E-state index contributed by atoms with van der Waals surface area (Å²) in [6.45, 7) is 5.41. The summed E-state index contributed by atoms with van der Waals surface area (Å²) in [5.41, 5.74) is 1.05. The zero-order chi connectivity index (χ0) is 16.4. The maximum atomic E-state index is 9.56. The number of hydrogen-bond donors (Lipinski definition) is 2. The molecule has 0 amide bonds. The molecule has 2 N–H and O–H groups in total. The van der Waals surface area contributed by atoms with Crippen LogP contribution in [-0.2, 0) is 9.47 Å². The second kappa shape index (κ2) is 7.21. The third-order valence-corrected chi connectivity index (χ3v) is 5.14. The molecule has 1 atom stereocenters. The predicted molar refractivity (Wildman–Crippen MR) is 90.5 cm³/mol. The van der Waals surface area contributed by atoms with Crippen LogP contribution in [0.1, 0.15) is 30.9 Å². The highest BCUT2D eigenvalue weighted by atomic mass is 16.5. The molecule has 3 fully saturated rings. The van der Waals surface area contributed by atoms with Crippen LogP contribution in [0.15, 0.2) is 6.07 Å². The normalized spacial score (nSPS) is 25.7. The Hall–Kier alpha value is -1.44. The molecule has 3 aliphatic heterocycles. The lowest BCUT2D eigenvalue weighted by Crippen LogP contribution is -2.51. The molecule has 3 aliphatic rings. The van der Waals surface area contributed by atoms with E-state index in [1.54, 1.807) is 0 Å². The molecule has 7 heteroatoms. The van der Waals surface area contributed by atoms with Gasteiger partial charge in [0.15, 0.2) is 0 Å². The third-order valence-electron chi connectivity index (χ3n) is 5.14. The van der Waals surface area contributed by atoms with Gasteiger partial charge in [-0.25, -0.2) is 4.98 Å². The van der Waals surface area contributed by atoms with Crippen LogP contribution in [0.4, 0.5) is 11.8 Å². The first-order valence-electron chi connectivity index (χ1n) is 8.99. The van der Waals surface area contributed by atoms with Crippen LogP contribution in [0.3, 0.4) is 0 Å². The fraction of sp³-hybridized carbons (Fsp3) is 0.765. The van der Waals surface area contributed by atoms with Crippen molar-refractivity contribution in [3.8, 4) is 0 Å². The molecule has 0 radical (unpaired) electrons. The molecule has 1 aromatic rings. The zero-order valence-corrected chi connectivity index (χ0v) is 14.0. The Morgan fingerprint density at radius 2 is 1.92 bits per heavy atom. The Morgan fingerprint density at radius 3 is 2.62 bits per heavy atom. The highest BCUT2D eigenvalue weighted by Crippen LogP contribution is 2.28. The highest BCUT2D eigenvalue weighted by Gasteiger charge is 2.29. The molecule has 4 rings (SSSR count). The van der Waals surface area contributed by atoms with Crippen molar-refractivity contribution in [1.29, 1.82) is 0 Å². The van der Waals surface area contributed by atoms with Crippen molar-refractivity contribution in [3.05, 3.63) is 11.8 Å². The molecule has 0 aliphatic carbocycles. The second-order valence-electron chi connectivity index (χ2n) is 7.03. The number of nitrogens with one attached hydrogen (secondary N) is 1. The van der Waals surface area contributed by atoms with Crippen LogP contribution in [0.2, 0.25) is 0 Å². The van der Waals surface area contributed by atoms with E-state index in [0.29, 0.717) is 24.9 Å². The summed E-state index contributed by atoms with van der Waals surface area (Å²) >= 11 is 0. The van der Waals surface area contributed by atoms with E-state index in [-0.39, 0.29) is 6.10 Å². The Morgan fingerprint density at radius 1 is 1.12 bits per heavy atom. The molecule has 1 aromatic heterocycles. The van der Waals surface area contributed by atoms with Crippen molar-refractivity contribution in [2.75, 3.05) is 56.3 Å². The van der Waals surface area contributed by atoms with E-state index in [1.807, 2.05) is 4.90 Å². The molecule has 7 nitrogen and oxygen atoms in total. The van der Waals surface area contributed by atoms with Crippen LogP contribution < -0.4 is 10.2 Å². The van der Waals surface area contributed by atoms with E-state index in [9.17, 15) is 5.11 Å². The lowest BCUT2D eigenvalue weighted by Gasteiger charge is -2.36. The summed E-state index contributed by atoms with van der Waals surface area (Å²) in [5, 5.41) is 13.1. The number of nitrogens with zero attached hydrogens (tertiary/aromatic N) is 3. The van der Waals surface area contributed by atoms with Crippen molar-refractivity contribution >= 4 is 11.8 Å². The van der Waals surface area contributed by atoms with Gasteiger partial charge in [-0.1, -0.05) is 0 Å². The van der Waals surface area contributed by atoms with E-state index >= 15 is 0 Å². The molecule has 4 heterocycles. The quantitative estimate of drug-likeness (QED) is 0.831. The van der Waals surface area contributed by atoms with Crippen molar-refractivity contribution in [1.82, 2.24) is 9.97 Å². The van der Waals surface area contributed by atoms with Gasteiger partial charge in [0.25, 0.3) is 0 Å². The summed E-state index contributed by atoms with van der Waals surface area (Å²) in [5.74, 6) is 2.59. The van der Waals surface area contributed by atoms with E-state index in [0.717, 1.165) is 69.7 Å². The molecule has 0 spiro atoms. The number of rotatable bonds is 5. The van der Waals surface area contributed by atoms with Crippen molar-refractivity contribution in [2.24, 2.45) is 5.92 Å². The fourth-order valence-corrected chi connectivity index (χ4v) is 3.48. The number of anilines is 2. The predicted octanol–water partition coefficient (Wildman–Crippen LogP) is 1.000. The molecule has 0 aromatic carbocycles. The summed E-state index contributed by atoms with van der Waals surface area (Å²) in [6, 6.07) is 2.07. The molecule has 0 bridgehead atoms. The average Bonchev–Trinajstić information content (AvgIpc) is 3.12. The molecule has 132 valence electrons. The SMILES string of the molecule is OC1CN(c2nc(NCC3CCOCC3)cc(C3CCOC3)n2)C1. The Kier molecular flexibility index (Phi) is 4.82. The summed E-state index contributed by atoms with van der Waals surface area (Å²) in [6.07, 6.45) is 2.96. The van der Waals surface area contributed by atoms with Gasteiger partial charge < -0.3 is 24.8 Å². The Bertz CT molecular complexity index is 553. The molecular formula is C17H26N4O3. The number of aliphatic hydroxyl groups excluding tert-OH is 1. The van der Waals surface area contributed by atoms with E-state index in [4.69, 9.17) is 14.5 Å². The van der Waals surface area contributed by atoms with Crippen molar-refractivity contribution < 1.29 is 14.6 Å². The molecule has 0 saturated carbocycles. The number of hydrogen-bond acceptors (Lipinski definition) is 7. The Labute approximate surface area is 142 Å². The van der Waals surface area contributed by atoms with Gasteiger partial charge in [0.2, 0.25) is 5.95 Å². The maximum absolute atomic E-state index is 9.56. The largest absolute Gasteiger partial charge is 0.389 e. The number of β-amino-alcohol motifs (C(OH)–C–C–N with tert-alkyl or cyclic N) is 1. The van der Waals surface area contributed by atoms with Gasteiger partial charge in [-0.2, -0.15) is 4.98 Å². The van der Waals surface area contributed by atoms with Crippen LogP contribution >= 0.6 is 0 Å². The zero-order valence-electron chi connectivity index (χ0n) is 14.0. The number of aliphatic hydroxyl groups is 1. The molecule has 1 unspecified atom stereocenters. The first kappa shape index (κ1) is 16.1. The van der Waals surface area contributed by atoms with Crippen LogP contribution in [-0.4, -0.2) is 67.2 Å². The Balaban J connectivity index is 1.48. The van der Waals surface area contributed by atoms with E-state index in [1.165, 1.54) is 0 Å². The summed E-state index contributed by atoms with van der Waals surface area (Å²) in [4.78, 5) is 11.4. The monoisotopic (exact) mass is 334 g/mol. The molecular weight excluding hydrogens is 308 g/mol. The van der Waals surface area contributed by atoms with E-state index in [2.05, 4.69) is 16.4 Å². The fourth-order valence-electron chi connectivity index (χ4n) is 3.48. The standard InChI is InChI=1S/C17H26N4O3/c22-14-9-21(10-14)17-19-15(13-3-6-24-11-13)7-16(20-17)18-8-12-1-4-23-5-2-12/h7,12-14,22H,1-6,8-11H2,(H,18,19,20). The number of aromatic nitrogens is 2. The van der Waals surface area contributed by atoms with Gasteiger partial charge in [0.05, 0.1) is 18.4 Å². The summed E-state index contributed by atoms with van der Waals surface area (Å²) < 4.78 is 10.9. The van der Waals surface area contributed by atoms with Gasteiger partial charge in [-0.05, 0) is 25.2 Å². The maximum Gasteiger partial charge on any atom is 0.227 e. The first-order valence-corrected chi connectivity index (χ1v) is 8.99. The number of ether oxygens (including phenoxy) is 2. The average molecular weight is 334 g/mol. The van der Waals surface area contributed by atoms with Gasteiger partial charge in [0, 0.05) is 51.4 Å². The minimum atomic E-state index is -0.259. The molecule has 3 saturated heterocycles. The third kappa shape index (κ3) is 3.63. The minimum absolute atomic E-state index is 0.259. The van der Waals surface area contributed by atoms with Gasteiger partial charge in [-0.15, -0.1) is 0 Å². The van der Waals surface area contributed by atoms with Crippen molar-refractivity contribution in [2.45, 2.75) is 31.3 Å².